The number of nitrogens with zero attached hydrogens (tertiary/aromatic N) is 3. The third kappa shape index (κ3) is 2.07. The predicted molar refractivity (Wildman–Crippen MR) is 89.0 cm³/mol. The first-order valence-corrected chi connectivity index (χ1v) is 7.28. The van der Waals surface area contributed by atoms with E-state index in [2.05, 4.69) is 70.0 Å². The van der Waals surface area contributed by atoms with Crippen molar-refractivity contribution in [1.82, 2.24) is 14.5 Å². The number of aryl methyl sites for hydroxylation is 1. The minimum absolute atomic E-state index is 0.694. The van der Waals surface area contributed by atoms with Gasteiger partial charge in [0.05, 0.1) is 11.2 Å². The SMILES string of the molecule is Cc1ccc(-c2cc3ccccc3n2-c2ncccn2)cc1. The van der Waals surface area contributed by atoms with Crippen LogP contribution in [0, 0.1) is 6.92 Å². The minimum atomic E-state index is 0.694. The van der Waals surface area contributed by atoms with Gasteiger partial charge in [-0.2, -0.15) is 0 Å². The number of hydrogen-bond donors (Lipinski definition) is 0. The third-order valence-corrected chi connectivity index (χ3v) is 3.81. The molecule has 2 aromatic carbocycles. The van der Waals surface area contributed by atoms with Crippen molar-refractivity contribution in [1.29, 1.82) is 0 Å². The van der Waals surface area contributed by atoms with Gasteiger partial charge < -0.3 is 0 Å². The van der Waals surface area contributed by atoms with Crippen molar-refractivity contribution in [2.75, 3.05) is 0 Å². The molecule has 4 aromatic rings. The molecular formula is C19H15N3. The Kier molecular flexibility index (Phi) is 2.97. The zero-order chi connectivity index (χ0) is 14.9. The molecule has 0 fully saturated rings. The highest BCUT2D eigenvalue weighted by molar-refractivity contribution is 5.88. The highest BCUT2D eigenvalue weighted by Gasteiger charge is 2.13. The van der Waals surface area contributed by atoms with Crippen molar-refractivity contribution in [2.45, 2.75) is 6.92 Å². The van der Waals surface area contributed by atoms with Gasteiger partial charge in [-0.25, -0.2) is 9.97 Å². The molecule has 0 aliphatic rings. The van der Waals surface area contributed by atoms with Crippen molar-refractivity contribution in [2.24, 2.45) is 0 Å². The zero-order valence-corrected chi connectivity index (χ0v) is 12.3. The molecule has 4 rings (SSSR count). The highest BCUT2D eigenvalue weighted by Crippen LogP contribution is 2.30. The van der Waals surface area contributed by atoms with Gasteiger partial charge in [-0.15, -0.1) is 0 Å². The number of rotatable bonds is 2. The van der Waals surface area contributed by atoms with Crippen molar-refractivity contribution in [3.8, 4) is 17.2 Å². The van der Waals surface area contributed by atoms with E-state index < -0.39 is 0 Å². The predicted octanol–water partition coefficient (Wildman–Crippen LogP) is 4.40. The van der Waals surface area contributed by atoms with Crippen LogP contribution in [-0.2, 0) is 0 Å². The summed E-state index contributed by atoms with van der Waals surface area (Å²) in [4.78, 5) is 8.85. The van der Waals surface area contributed by atoms with Gasteiger partial charge in [0.25, 0.3) is 0 Å². The lowest BCUT2D eigenvalue weighted by Gasteiger charge is -2.09. The van der Waals surface area contributed by atoms with Gasteiger partial charge >= 0.3 is 0 Å². The second kappa shape index (κ2) is 5.11. The van der Waals surface area contributed by atoms with Gasteiger partial charge in [0, 0.05) is 17.8 Å². The summed E-state index contributed by atoms with van der Waals surface area (Å²) in [6.45, 7) is 2.10. The van der Waals surface area contributed by atoms with Crippen LogP contribution < -0.4 is 0 Å². The Hall–Kier alpha value is -2.94. The van der Waals surface area contributed by atoms with Gasteiger partial charge in [-0.1, -0.05) is 48.0 Å². The van der Waals surface area contributed by atoms with Crippen LogP contribution in [0.4, 0.5) is 0 Å². The van der Waals surface area contributed by atoms with Crippen molar-refractivity contribution in [3.05, 3.63) is 78.6 Å². The first-order chi connectivity index (χ1) is 10.8. The molecule has 0 bridgehead atoms. The molecule has 22 heavy (non-hydrogen) atoms. The summed E-state index contributed by atoms with van der Waals surface area (Å²) in [5.74, 6) is 0.694. The molecule has 3 heteroatoms. The maximum absolute atomic E-state index is 4.43. The summed E-state index contributed by atoms with van der Waals surface area (Å²) in [5.41, 5.74) is 4.63. The Balaban J connectivity index is 2.04. The molecule has 2 aromatic heterocycles. The third-order valence-electron chi connectivity index (χ3n) is 3.81. The quantitative estimate of drug-likeness (QED) is 0.546. The fraction of sp³-hybridized carbons (Fsp3) is 0.0526. The summed E-state index contributed by atoms with van der Waals surface area (Å²) < 4.78 is 2.11. The summed E-state index contributed by atoms with van der Waals surface area (Å²) in [6.07, 6.45) is 3.55. The molecule has 0 amide bonds. The molecule has 0 radical (unpaired) electrons. The van der Waals surface area contributed by atoms with Crippen LogP contribution in [0.5, 0.6) is 0 Å². The van der Waals surface area contributed by atoms with Crippen molar-refractivity contribution < 1.29 is 0 Å². The van der Waals surface area contributed by atoms with E-state index in [0.717, 1.165) is 16.8 Å². The first-order valence-electron chi connectivity index (χ1n) is 7.28. The summed E-state index contributed by atoms with van der Waals surface area (Å²) in [6, 6.07) is 20.9. The van der Waals surface area contributed by atoms with Crippen LogP contribution in [0.2, 0.25) is 0 Å². The average molecular weight is 285 g/mol. The van der Waals surface area contributed by atoms with Crippen LogP contribution in [0.3, 0.4) is 0 Å². The van der Waals surface area contributed by atoms with Crippen LogP contribution in [-0.4, -0.2) is 14.5 Å². The van der Waals surface area contributed by atoms with Gasteiger partial charge in [0.15, 0.2) is 0 Å². The number of hydrogen-bond acceptors (Lipinski definition) is 2. The molecule has 0 saturated heterocycles. The number of fused-ring (bicyclic) bond motifs is 1. The van der Waals surface area contributed by atoms with E-state index in [4.69, 9.17) is 0 Å². The van der Waals surface area contributed by atoms with E-state index in [0.29, 0.717) is 5.95 Å². The Morgan fingerprint density at radius 2 is 1.55 bits per heavy atom. The average Bonchev–Trinajstić information content (AvgIpc) is 2.96. The van der Waals surface area contributed by atoms with E-state index >= 15 is 0 Å². The van der Waals surface area contributed by atoms with Crippen LogP contribution in [0.15, 0.2) is 73.1 Å². The molecule has 0 atom stereocenters. The molecule has 2 heterocycles. The fourth-order valence-electron chi connectivity index (χ4n) is 2.71. The summed E-state index contributed by atoms with van der Waals surface area (Å²) in [5, 5.41) is 1.19. The van der Waals surface area contributed by atoms with E-state index in [9.17, 15) is 0 Å². The molecule has 0 aliphatic carbocycles. The second-order valence-corrected chi connectivity index (χ2v) is 5.34. The monoisotopic (exact) mass is 285 g/mol. The smallest absolute Gasteiger partial charge is 0.234 e. The number of para-hydroxylation sites is 1. The Morgan fingerprint density at radius 3 is 2.32 bits per heavy atom. The molecule has 0 unspecified atom stereocenters. The minimum Gasteiger partial charge on any atom is -0.278 e. The van der Waals surface area contributed by atoms with E-state index in [1.54, 1.807) is 12.4 Å². The largest absolute Gasteiger partial charge is 0.278 e. The fourth-order valence-corrected chi connectivity index (χ4v) is 2.71. The lowest BCUT2D eigenvalue weighted by atomic mass is 10.1. The van der Waals surface area contributed by atoms with Crippen LogP contribution >= 0.6 is 0 Å². The molecule has 3 nitrogen and oxygen atoms in total. The summed E-state index contributed by atoms with van der Waals surface area (Å²) >= 11 is 0. The molecule has 0 aliphatic heterocycles. The molecule has 0 N–H and O–H groups in total. The first kappa shape index (κ1) is 12.8. The van der Waals surface area contributed by atoms with Crippen molar-refractivity contribution in [3.63, 3.8) is 0 Å². The number of aromatic nitrogens is 3. The maximum Gasteiger partial charge on any atom is 0.234 e. The van der Waals surface area contributed by atoms with Gasteiger partial charge in [0.1, 0.15) is 0 Å². The van der Waals surface area contributed by atoms with Gasteiger partial charge in [0.2, 0.25) is 5.95 Å². The molecule has 106 valence electrons. The zero-order valence-electron chi connectivity index (χ0n) is 12.3. The van der Waals surface area contributed by atoms with Crippen LogP contribution in [0.25, 0.3) is 28.1 Å². The van der Waals surface area contributed by atoms with E-state index in [-0.39, 0.29) is 0 Å². The second-order valence-electron chi connectivity index (χ2n) is 5.34. The highest BCUT2D eigenvalue weighted by atomic mass is 15.2. The summed E-state index contributed by atoms with van der Waals surface area (Å²) in [7, 11) is 0. The van der Waals surface area contributed by atoms with Crippen molar-refractivity contribution >= 4 is 10.9 Å². The maximum atomic E-state index is 4.43. The topological polar surface area (TPSA) is 30.7 Å². The standard InChI is InChI=1S/C19H15N3/c1-14-7-9-15(10-8-14)18-13-16-5-2-3-6-17(16)22(18)19-20-11-4-12-21-19/h2-13H,1H3. The molecule has 0 saturated carbocycles. The Morgan fingerprint density at radius 1 is 0.818 bits per heavy atom. The van der Waals surface area contributed by atoms with E-state index in [1.807, 2.05) is 12.1 Å². The lowest BCUT2D eigenvalue weighted by molar-refractivity contribution is 0.968. The molecular weight excluding hydrogens is 270 g/mol. The number of benzene rings is 2. The Bertz CT molecular complexity index is 922. The van der Waals surface area contributed by atoms with E-state index in [1.165, 1.54) is 10.9 Å². The normalized spacial score (nSPS) is 11.0. The molecule has 0 spiro atoms. The lowest BCUT2D eigenvalue weighted by Crippen LogP contribution is -2.01. The van der Waals surface area contributed by atoms with Crippen LogP contribution in [0.1, 0.15) is 5.56 Å². The Labute approximate surface area is 128 Å². The van der Waals surface area contributed by atoms with Gasteiger partial charge in [-0.05, 0) is 30.7 Å². The van der Waals surface area contributed by atoms with Gasteiger partial charge in [-0.3, -0.25) is 4.57 Å².